The first-order valence-electron chi connectivity index (χ1n) is 10.8. The maximum absolute atomic E-state index is 12.2. The molecule has 6 rings (SSSR count). The lowest BCUT2D eigenvalue weighted by Crippen LogP contribution is -2.56. The summed E-state index contributed by atoms with van der Waals surface area (Å²) in [5.74, 6) is 0.612. The minimum atomic E-state index is -0.689. The Balaban J connectivity index is 1.57. The summed E-state index contributed by atoms with van der Waals surface area (Å²) in [5, 5.41) is 0. The highest BCUT2D eigenvalue weighted by Gasteiger charge is 2.42. The van der Waals surface area contributed by atoms with E-state index in [1.807, 2.05) is 18.2 Å². The molecule has 3 aliphatic heterocycles. The molecule has 0 aromatic heterocycles. The Morgan fingerprint density at radius 1 is 0.800 bits per heavy atom. The average molecular weight is 398 g/mol. The highest BCUT2D eigenvalue weighted by Crippen LogP contribution is 2.41. The van der Waals surface area contributed by atoms with E-state index in [9.17, 15) is 4.79 Å². The van der Waals surface area contributed by atoms with Crippen LogP contribution >= 0.6 is 0 Å². The van der Waals surface area contributed by atoms with Crippen molar-refractivity contribution in [1.82, 2.24) is 4.90 Å². The highest BCUT2D eigenvalue weighted by molar-refractivity contribution is 5.84. The number of piperidine rings is 3. The summed E-state index contributed by atoms with van der Waals surface area (Å²) >= 11 is 0. The Bertz CT molecular complexity index is 890. The minimum Gasteiger partial charge on any atom is -0.359 e. The lowest BCUT2D eigenvalue weighted by Gasteiger charge is -2.46. The lowest BCUT2D eigenvalue weighted by molar-refractivity contribution is -0.136. The topological polar surface area (TPSA) is 29.5 Å². The summed E-state index contributed by atoms with van der Waals surface area (Å²) in [6, 6.07) is 31.8. The normalized spacial score (nSPS) is 23.5. The standard InChI is InChI=1S/C27H27NO2/c29-26-19-28-17-16-21(26)18-25(28)20-30-27(22-10-4-1-5-11-22,23-12-6-2-7-13-23)24-14-8-3-9-15-24/h1-15,21,25H,16-20H2/t21-,25+/m0/s1. The zero-order valence-corrected chi connectivity index (χ0v) is 17.1. The van der Waals surface area contributed by atoms with Gasteiger partial charge >= 0.3 is 0 Å². The van der Waals surface area contributed by atoms with Crippen molar-refractivity contribution in [2.45, 2.75) is 24.5 Å². The molecule has 3 fully saturated rings. The molecule has 0 amide bonds. The van der Waals surface area contributed by atoms with Gasteiger partial charge in [0.05, 0.1) is 13.2 Å². The summed E-state index contributed by atoms with van der Waals surface area (Å²) in [4.78, 5) is 14.5. The van der Waals surface area contributed by atoms with E-state index in [1.54, 1.807) is 0 Å². The van der Waals surface area contributed by atoms with Crippen LogP contribution in [0, 0.1) is 5.92 Å². The van der Waals surface area contributed by atoms with E-state index >= 15 is 0 Å². The quantitative estimate of drug-likeness (QED) is 0.567. The molecule has 3 nitrogen and oxygen atoms in total. The number of Topliss-reactive ketones (excluding diaryl/α,β-unsaturated/α-hetero) is 1. The summed E-state index contributed by atoms with van der Waals surface area (Å²) < 4.78 is 6.96. The molecule has 0 spiro atoms. The minimum absolute atomic E-state index is 0.211. The first-order valence-corrected chi connectivity index (χ1v) is 10.8. The SMILES string of the molecule is O=C1CN2CC[C@H]1C[C@@H]2COC(c1ccccc1)(c1ccccc1)c1ccccc1. The second-order valence-electron chi connectivity index (χ2n) is 8.40. The Kier molecular flexibility index (Phi) is 5.24. The Morgan fingerprint density at radius 2 is 1.30 bits per heavy atom. The van der Waals surface area contributed by atoms with Crippen molar-refractivity contribution in [1.29, 1.82) is 0 Å². The fourth-order valence-electron chi connectivity index (χ4n) is 5.09. The van der Waals surface area contributed by atoms with Crippen molar-refractivity contribution in [2.24, 2.45) is 5.92 Å². The second-order valence-corrected chi connectivity index (χ2v) is 8.40. The van der Waals surface area contributed by atoms with Gasteiger partial charge < -0.3 is 4.74 Å². The van der Waals surface area contributed by atoms with E-state index in [-0.39, 0.29) is 12.0 Å². The highest BCUT2D eigenvalue weighted by atomic mass is 16.5. The van der Waals surface area contributed by atoms with Crippen LogP contribution in [-0.4, -0.2) is 36.4 Å². The Morgan fingerprint density at radius 3 is 1.70 bits per heavy atom. The number of rotatable bonds is 6. The van der Waals surface area contributed by atoms with Gasteiger partial charge in [-0.05, 0) is 36.1 Å². The van der Waals surface area contributed by atoms with Crippen molar-refractivity contribution in [3.05, 3.63) is 108 Å². The van der Waals surface area contributed by atoms with Crippen LogP contribution < -0.4 is 0 Å². The van der Waals surface area contributed by atoms with Crippen molar-refractivity contribution in [3.8, 4) is 0 Å². The molecule has 152 valence electrons. The number of ketones is 1. The van der Waals surface area contributed by atoms with Crippen LogP contribution in [0.15, 0.2) is 91.0 Å². The van der Waals surface area contributed by atoms with Crippen molar-refractivity contribution < 1.29 is 9.53 Å². The zero-order valence-electron chi connectivity index (χ0n) is 17.1. The molecule has 30 heavy (non-hydrogen) atoms. The molecular formula is C27H27NO2. The number of fused-ring (bicyclic) bond motifs is 3. The van der Waals surface area contributed by atoms with Gasteiger partial charge in [0.1, 0.15) is 11.4 Å². The van der Waals surface area contributed by atoms with Crippen LogP contribution in [0.2, 0.25) is 0 Å². The van der Waals surface area contributed by atoms with Crippen LogP contribution in [0.25, 0.3) is 0 Å². The lowest BCUT2D eigenvalue weighted by atomic mass is 9.79. The van der Waals surface area contributed by atoms with Gasteiger partial charge in [-0.15, -0.1) is 0 Å². The van der Waals surface area contributed by atoms with Crippen LogP contribution in [0.3, 0.4) is 0 Å². The second kappa shape index (κ2) is 8.17. The number of carbonyl (C=O) groups is 1. The Labute approximate surface area is 178 Å². The van der Waals surface area contributed by atoms with Gasteiger partial charge in [0, 0.05) is 12.0 Å². The summed E-state index contributed by atoms with van der Waals surface area (Å²) in [5.41, 5.74) is 2.67. The molecule has 0 saturated carbocycles. The molecule has 0 aliphatic carbocycles. The first kappa shape index (κ1) is 19.2. The predicted molar refractivity (Wildman–Crippen MR) is 118 cm³/mol. The van der Waals surface area contributed by atoms with Crippen molar-refractivity contribution in [2.75, 3.05) is 19.7 Å². The van der Waals surface area contributed by atoms with Crippen LogP contribution in [0.5, 0.6) is 0 Å². The third-order valence-electron chi connectivity index (χ3n) is 6.69. The maximum Gasteiger partial charge on any atom is 0.150 e. The summed E-state index contributed by atoms with van der Waals surface area (Å²) in [6.45, 7) is 2.18. The molecule has 3 aromatic rings. The van der Waals surface area contributed by atoms with Crippen LogP contribution in [0.1, 0.15) is 29.5 Å². The number of benzene rings is 3. The van der Waals surface area contributed by atoms with E-state index < -0.39 is 5.60 Å². The third-order valence-corrected chi connectivity index (χ3v) is 6.69. The number of hydrogen-bond donors (Lipinski definition) is 0. The van der Waals surface area contributed by atoms with Gasteiger partial charge in [0.25, 0.3) is 0 Å². The van der Waals surface area contributed by atoms with Gasteiger partial charge in [-0.1, -0.05) is 91.0 Å². The van der Waals surface area contributed by atoms with Gasteiger partial charge in [-0.3, -0.25) is 9.69 Å². The molecule has 0 radical (unpaired) electrons. The van der Waals surface area contributed by atoms with Gasteiger partial charge in [-0.2, -0.15) is 0 Å². The summed E-state index contributed by atoms with van der Waals surface area (Å²) in [7, 11) is 0. The monoisotopic (exact) mass is 397 g/mol. The molecule has 1 unspecified atom stereocenters. The van der Waals surface area contributed by atoms with Gasteiger partial charge in [0.15, 0.2) is 0 Å². The van der Waals surface area contributed by atoms with E-state index in [1.165, 1.54) is 0 Å². The van der Waals surface area contributed by atoms with Crippen LogP contribution in [0.4, 0.5) is 0 Å². The molecule has 3 saturated heterocycles. The number of ether oxygens (including phenoxy) is 1. The summed E-state index contributed by atoms with van der Waals surface area (Å²) in [6.07, 6.45) is 1.91. The van der Waals surface area contributed by atoms with Gasteiger partial charge in [-0.25, -0.2) is 0 Å². The first-order chi connectivity index (χ1) is 14.8. The molecule has 3 heterocycles. The molecule has 3 aliphatic rings. The molecule has 3 aromatic carbocycles. The van der Waals surface area contributed by atoms with E-state index in [4.69, 9.17) is 4.74 Å². The predicted octanol–water partition coefficient (Wildman–Crippen LogP) is 4.66. The van der Waals surface area contributed by atoms with Gasteiger partial charge in [0.2, 0.25) is 0 Å². The van der Waals surface area contributed by atoms with E-state index in [0.717, 1.165) is 36.1 Å². The maximum atomic E-state index is 12.2. The van der Waals surface area contributed by atoms with E-state index in [2.05, 4.69) is 77.7 Å². The van der Waals surface area contributed by atoms with E-state index in [0.29, 0.717) is 18.9 Å². The molecule has 3 atom stereocenters. The average Bonchev–Trinajstić information content (AvgIpc) is 2.82. The van der Waals surface area contributed by atoms with Crippen molar-refractivity contribution >= 4 is 5.78 Å². The Hall–Kier alpha value is -2.75. The number of hydrogen-bond acceptors (Lipinski definition) is 3. The number of carbonyl (C=O) groups excluding carboxylic acids is 1. The van der Waals surface area contributed by atoms with Crippen LogP contribution in [-0.2, 0) is 15.1 Å². The fraction of sp³-hybridized carbons (Fsp3) is 0.296. The van der Waals surface area contributed by atoms with Crippen molar-refractivity contribution in [3.63, 3.8) is 0 Å². The number of nitrogens with zero attached hydrogens (tertiary/aromatic N) is 1. The molecule has 3 heteroatoms. The fourth-order valence-corrected chi connectivity index (χ4v) is 5.09. The molecule has 0 N–H and O–H groups in total. The third kappa shape index (κ3) is 3.38. The molecule has 2 bridgehead atoms. The smallest absolute Gasteiger partial charge is 0.150 e. The molecular weight excluding hydrogens is 370 g/mol. The largest absolute Gasteiger partial charge is 0.359 e. The zero-order chi connectivity index (χ0) is 20.4.